The Hall–Kier alpha value is -3.08. The second-order valence-corrected chi connectivity index (χ2v) is 5.43. The Bertz CT molecular complexity index is 754. The van der Waals surface area contributed by atoms with Gasteiger partial charge in [0.25, 0.3) is 0 Å². The fourth-order valence-electron chi connectivity index (χ4n) is 2.22. The summed E-state index contributed by atoms with van der Waals surface area (Å²) in [6.07, 6.45) is 3.03. The van der Waals surface area contributed by atoms with Gasteiger partial charge >= 0.3 is 12.1 Å². The molecule has 0 aliphatic rings. The van der Waals surface area contributed by atoms with Crippen LogP contribution in [0.5, 0.6) is 0 Å². The average Bonchev–Trinajstić information content (AvgIpc) is 2.64. The fraction of sp³-hybridized carbons (Fsp3) is 0.200. The summed E-state index contributed by atoms with van der Waals surface area (Å²) in [6.45, 7) is 2.46. The largest absolute Gasteiger partial charge is 0.465 e. The molecule has 5 heteroatoms. The molecular formula is C20H21NO4. The van der Waals surface area contributed by atoms with E-state index in [0.717, 1.165) is 16.7 Å². The number of benzene rings is 2. The van der Waals surface area contributed by atoms with Gasteiger partial charge < -0.3 is 14.8 Å². The Kier molecular flexibility index (Phi) is 6.77. The lowest BCUT2D eigenvalue weighted by atomic mass is 10.0. The third-order valence-electron chi connectivity index (χ3n) is 3.49. The van der Waals surface area contributed by atoms with Gasteiger partial charge in [0.15, 0.2) is 0 Å². The summed E-state index contributed by atoms with van der Waals surface area (Å²) in [7, 11) is 1.35. The topological polar surface area (TPSA) is 64.6 Å². The summed E-state index contributed by atoms with van der Waals surface area (Å²) >= 11 is 0. The number of hydrogen-bond donors (Lipinski definition) is 1. The summed E-state index contributed by atoms with van der Waals surface area (Å²) in [5.41, 5.74) is 3.18. The maximum atomic E-state index is 11.8. The van der Waals surface area contributed by atoms with Crippen molar-refractivity contribution in [3.8, 4) is 0 Å². The molecule has 25 heavy (non-hydrogen) atoms. The van der Waals surface area contributed by atoms with Crippen LogP contribution >= 0.6 is 0 Å². The summed E-state index contributed by atoms with van der Waals surface area (Å²) < 4.78 is 9.89. The number of nitrogens with one attached hydrogen (secondary N) is 1. The van der Waals surface area contributed by atoms with Gasteiger partial charge in [0.2, 0.25) is 0 Å². The zero-order chi connectivity index (χ0) is 18.1. The van der Waals surface area contributed by atoms with Gasteiger partial charge in [-0.15, -0.1) is 0 Å². The van der Waals surface area contributed by atoms with E-state index in [9.17, 15) is 9.59 Å². The van der Waals surface area contributed by atoms with E-state index in [4.69, 9.17) is 9.47 Å². The molecule has 0 unspecified atom stereocenters. The van der Waals surface area contributed by atoms with E-state index in [2.05, 4.69) is 5.32 Å². The Morgan fingerprint density at radius 3 is 2.60 bits per heavy atom. The predicted molar refractivity (Wildman–Crippen MR) is 96.2 cm³/mol. The number of carbonyl (C=O) groups is 2. The van der Waals surface area contributed by atoms with Gasteiger partial charge in [0, 0.05) is 6.54 Å². The summed E-state index contributed by atoms with van der Waals surface area (Å²) in [5.74, 6) is -0.394. The van der Waals surface area contributed by atoms with Crippen LogP contribution in [0.1, 0.15) is 27.0 Å². The Labute approximate surface area is 147 Å². The highest BCUT2D eigenvalue weighted by molar-refractivity contribution is 5.93. The molecule has 0 saturated carbocycles. The van der Waals surface area contributed by atoms with Crippen molar-refractivity contribution in [1.29, 1.82) is 0 Å². The zero-order valence-electron chi connectivity index (χ0n) is 14.3. The number of hydrogen-bond acceptors (Lipinski definition) is 4. The van der Waals surface area contributed by atoms with E-state index >= 15 is 0 Å². The van der Waals surface area contributed by atoms with Gasteiger partial charge in [-0.25, -0.2) is 9.59 Å². The first kappa shape index (κ1) is 18.3. The number of esters is 1. The van der Waals surface area contributed by atoms with Crippen LogP contribution in [0.2, 0.25) is 0 Å². The standard InChI is InChI=1S/C20H21NO4/c1-15-10-11-18(19(22)24-2)17(13-15)9-6-12-21-20(23)25-14-16-7-4-3-5-8-16/h3-11,13H,12,14H2,1-2H3,(H,21,23). The van der Waals surface area contributed by atoms with Crippen molar-refractivity contribution in [2.75, 3.05) is 13.7 Å². The van der Waals surface area contributed by atoms with Crippen molar-refractivity contribution in [1.82, 2.24) is 5.32 Å². The molecule has 0 bridgehead atoms. The Morgan fingerprint density at radius 2 is 1.88 bits per heavy atom. The van der Waals surface area contributed by atoms with Crippen LogP contribution in [0.25, 0.3) is 6.08 Å². The second kappa shape index (κ2) is 9.27. The third kappa shape index (κ3) is 5.80. The molecule has 0 fully saturated rings. The average molecular weight is 339 g/mol. The van der Waals surface area contributed by atoms with Crippen molar-refractivity contribution in [2.24, 2.45) is 0 Å². The predicted octanol–water partition coefficient (Wildman–Crippen LogP) is 3.72. The molecule has 1 N–H and O–H groups in total. The quantitative estimate of drug-likeness (QED) is 0.815. The van der Waals surface area contributed by atoms with Gasteiger partial charge in [-0.3, -0.25) is 0 Å². The first-order valence-corrected chi connectivity index (χ1v) is 7.90. The zero-order valence-corrected chi connectivity index (χ0v) is 14.3. The maximum absolute atomic E-state index is 11.8. The van der Waals surface area contributed by atoms with E-state index in [1.165, 1.54) is 7.11 Å². The first-order chi connectivity index (χ1) is 12.1. The van der Waals surface area contributed by atoms with Crippen molar-refractivity contribution < 1.29 is 19.1 Å². The lowest BCUT2D eigenvalue weighted by molar-refractivity contribution is 0.0600. The van der Waals surface area contributed by atoms with Crippen LogP contribution in [-0.4, -0.2) is 25.7 Å². The summed E-state index contributed by atoms with van der Waals surface area (Å²) in [6, 6.07) is 14.9. The van der Waals surface area contributed by atoms with Crippen molar-refractivity contribution >= 4 is 18.1 Å². The molecule has 0 aliphatic heterocycles. The van der Waals surface area contributed by atoms with Crippen LogP contribution in [0, 0.1) is 6.92 Å². The van der Waals surface area contributed by atoms with Crippen LogP contribution in [-0.2, 0) is 16.1 Å². The van der Waals surface area contributed by atoms with Gasteiger partial charge in [-0.1, -0.05) is 60.2 Å². The molecule has 0 spiro atoms. The molecule has 0 saturated heterocycles. The van der Waals surface area contributed by atoms with Crippen LogP contribution in [0.4, 0.5) is 4.79 Å². The minimum absolute atomic E-state index is 0.223. The summed E-state index contributed by atoms with van der Waals surface area (Å²) in [4.78, 5) is 23.4. The molecule has 130 valence electrons. The molecule has 0 aromatic heterocycles. The molecule has 0 heterocycles. The number of carbonyl (C=O) groups excluding carboxylic acids is 2. The smallest absolute Gasteiger partial charge is 0.407 e. The van der Waals surface area contributed by atoms with Crippen molar-refractivity contribution in [3.05, 3.63) is 76.9 Å². The molecule has 2 rings (SSSR count). The van der Waals surface area contributed by atoms with E-state index < -0.39 is 12.1 Å². The molecular weight excluding hydrogens is 318 g/mol. The van der Waals surface area contributed by atoms with Crippen molar-refractivity contribution in [3.63, 3.8) is 0 Å². The second-order valence-electron chi connectivity index (χ2n) is 5.43. The monoisotopic (exact) mass is 339 g/mol. The van der Waals surface area contributed by atoms with Crippen LogP contribution in [0.3, 0.4) is 0 Å². The number of amides is 1. The lowest BCUT2D eigenvalue weighted by Gasteiger charge is -2.06. The van der Waals surface area contributed by atoms with E-state index in [1.807, 2.05) is 49.4 Å². The van der Waals surface area contributed by atoms with Gasteiger partial charge in [0.1, 0.15) is 6.61 Å². The molecule has 0 radical (unpaired) electrons. The normalized spacial score (nSPS) is 10.5. The van der Waals surface area contributed by atoms with Gasteiger partial charge in [-0.05, 0) is 24.1 Å². The van der Waals surface area contributed by atoms with Gasteiger partial charge in [-0.2, -0.15) is 0 Å². The molecule has 5 nitrogen and oxygen atoms in total. The van der Waals surface area contributed by atoms with E-state index in [-0.39, 0.29) is 6.61 Å². The Balaban J connectivity index is 1.85. The highest BCUT2D eigenvalue weighted by Crippen LogP contribution is 2.14. The number of rotatable bonds is 6. The Morgan fingerprint density at radius 1 is 1.12 bits per heavy atom. The van der Waals surface area contributed by atoms with Crippen LogP contribution in [0.15, 0.2) is 54.6 Å². The highest BCUT2D eigenvalue weighted by Gasteiger charge is 2.09. The van der Waals surface area contributed by atoms with E-state index in [0.29, 0.717) is 12.1 Å². The lowest BCUT2D eigenvalue weighted by Crippen LogP contribution is -2.24. The first-order valence-electron chi connectivity index (χ1n) is 7.90. The fourth-order valence-corrected chi connectivity index (χ4v) is 2.22. The third-order valence-corrected chi connectivity index (χ3v) is 3.49. The molecule has 2 aromatic rings. The molecule has 0 aliphatic carbocycles. The van der Waals surface area contributed by atoms with E-state index in [1.54, 1.807) is 18.2 Å². The minimum Gasteiger partial charge on any atom is -0.465 e. The number of alkyl carbamates (subject to hydrolysis) is 1. The number of ether oxygens (including phenoxy) is 2. The highest BCUT2D eigenvalue weighted by atomic mass is 16.5. The molecule has 0 atom stereocenters. The molecule has 2 aromatic carbocycles. The molecule has 1 amide bonds. The maximum Gasteiger partial charge on any atom is 0.407 e. The van der Waals surface area contributed by atoms with Crippen LogP contribution < -0.4 is 5.32 Å². The number of aryl methyl sites for hydroxylation is 1. The van der Waals surface area contributed by atoms with Crippen molar-refractivity contribution in [2.45, 2.75) is 13.5 Å². The minimum atomic E-state index is -0.495. The SMILES string of the molecule is COC(=O)c1ccc(C)cc1C=CCNC(=O)OCc1ccccc1. The van der Waals surface area contributed by atoms with Gasteiger partial charge in [0.05, 0.1) is 12.7 Å². The summed E-state index contributed by atoms with van der Waals surface area (Å²) in [5, 5.41) is 2.64. The number of methoxy groups -OCH3 is 1.